The maximum absolute atomic E-state index is 11.4. The van der Waals surface area contributed by atoms with E-state index in [-0.39, 0.29) is 11.3 Å². The number of benzene rings is 1. The number of fused-ring (bicyclic) bond motifs is 1. The molecule has 0 saturated carbocycles. The molecule has 0 bridgehead atoms. The van der Waals surface area contributed by atoms with Crippen LogP contribution in [0.4, 0.5) is 0 Å². The molecule has 0 aliphatic heterocycles. The molecule has 0 spiro atoms. The van der Waals surface area contributed by atoms with E-state index in [1.807, 2.05) is 19.9 Å². The van der Waals surface area contributed by atoms with Crippen LogP contribution < -0.4 is 15.1 Å². The average Bonchev–Trinajstić information content (AvgIpc) is 2.40. The second kappa shape index (κ2) is 5.69. The molecule has 0 fully saturated rings. The lowest BCUT2D eigenvalue weighted by molar-refractivity contribution is 0.321. The number of hydrogen-bond donors (Lipinski definition) is 1. The topological polar surface area (TPSA) is 68.9 Å². The van der Waals surface area contributed by atoms with Crippen molar-refractivity contribution in [2.24, 2.45) is 0 Å². The van der Waals surface area contributed by atoms with Crippen LogP contribution in [0.2, 0.25) is 0 Å². The Morgan fingerprint density at radius 3 is 2.80 bits per heavy atom. The monoisotopic (exact) mass is 276 g/mol. The molecule has 20 heavy (non-hydrogen) atoms. The Morgan fingerprint density at radius 1 is 1.40 bits per heavy atom. The summed E-state index contributed by atoms with van der Waals surface area (Å²) in [6, 6.07) is 4.16. The minimum Gasteiger partial charge on any atom is -0.507 e. The van der Waals surface area contributed by atoms with Crippen LogP contribution in [0.15, 0.2) is 39.1 Å². The summed E-state index contributed by atoms with van der Waals surface area (Å²) in [5.41, 5.74) is 0.766. The molecule has 0 aliphatic rings. The number of phenols is 1. The van der Waals surface area contributed by atoms with Crippen molar-refractivity contribution in [1.29, 1.82) is 0 Å². The van der Waals surface area contributed by atoms with Crippen LogP contribution in [0.25, 0.3) is 11.0 Å². The van der Waals surface area contributed by atoms with Crippen LogP contribution in [-0.4, -0.2) is 18.8 Å². The lowest BCUT2D eigenvalue weighted by atomic mass is 10.2. The van der Waals surface area contributed by atoms with Crippen molar-refractivity contribution in [3.63, 3.8) is 0 Å². The van der Waals surface area contributed by atoms with Gasteiger partial charge >= 0.3 is 5.63 Å². The number of methoxy groups -OCH3 is 1. The second-order valence-corrected chi connectivity index (χ2v) is 4.52. The van der Waals surface area contributed by atoms with Gasteiger partial charge in [-0.15, -0.1) is 0 Å². The van der Waals surface area contributed by atoms with Crippen LogP contribution in [0, 0.1) is 0 Å². The molecule has 0 unspecified atom stereocenters. The third kappa shape index (κ3) is 2.77. The van der Waals surface area contributed by atoms with Gasteiger partial charge in [0.05, 0.1) is 12.5 Å². The predicted molar refractivity (Wildman–Crippen MR) is 75.6 cm³/mol. The SMILES string of the molecule is COc1cc(O)c2ccc(=O)oc2c1OCC=C(C)C. The van der Waals surface area contributed by atoms with Gasteiger partial charge in [-0.25, -0.2) is 4.79 Å². The highest BCUT2D eigenvalue weighted by Crippen LogP contribution is 2.40. The van der Waals surface area contributed by atoms with E-state index < -0.39 is 5.63 Å². The van der Waals surface area contributed by atoms with E-state index in [1.54, 1.807) is 0 Å². The lowest BCUT2D eigenvalue weighted by Crippen LogP contribution is -2.01. The predicted octanol–water partition coefficient (Wildman–Crippen LogP) is 2.85. The quantitative estimate of drug-likeness (QED) is 0.687. The first kappa shape index (κ1) is 14.0. The van der Waals surface area contributed by atoms with E-state index in [4.69, 9.17) is 13.9 Å². The molecule has 0 saturated heterocycles. The maximum atomic E-state index is 11.4. The fraction of sp³-hybridized carbons (Fsp3) is 0.267. The third-order valence-electron chi connectivity index (χ3n) is 2.75. The zero-order valence-electron chi connectivity index (χ0n) is 11.6. The first-order valence-electron chi connectivity index (χ1n) is 6.13. The largest absolute Gasteiger partial charge is 0.507 e. The van der Waals surface area contributed by atoms with Crippen LogP contribution in [0.3, 0.4) is 0 Å². The Bertz CT molecular complexity index is 708. The molecule has 2 rings (SSSR count). The number of rotatable bonds is 4. The summed E-state index contributed by atoms with van der Waals surface area (Å²) in [5.74, 6) is 0.581. The average molecular weight is 276 g/mol. The Labute approximate surface area is 116 Å². The zero-order chi connectivity index (χ0) is 14.7. The Morgan fingerprint density at radius 2 is 2.15 bits per heavy atom. The van der Waals surface area contributed by atoms with Crippen LogP contribution in [-0.2, 0) is 0 Å². The molecular weight excluding hydrogens is 260 g/mol. The molecule has 0 radical (unpaired) electrons. The van der Waals surface area contributed by atoms with E-state index in [2.05, 4.69) is 0 Å². The summed E-state index contributed by atoms with van der Waals surface area (Å²) in [7, 11) is 1.45. The van der Waals surface area contributed by atoms with E-state index in [9.17, 15) is 9.90 Å². The van der Waals surface area contributed by atoms with Crippen molar-refractivity contribution in [2.45, 2.75) is 13.8 Å². The summed E-state index contributed by atoms with van der Waals surface area (Å²) < 4.78 is 15.9. The summed E-state index contributed by atoms with van der Waals surface area (Å²) in [5, 5.41) is 10.3. The molecule has 106 valence electrons. The van der Waals surface area contributed by atoms with E-state index in [1.165, 1.54) is 25.3 Å². The fourth-order valence-corrected chi connectivity index (χ4v) is 1.75. The Balaban J connectivity index is 2.59. The number of allylic oxidation sites excluding steroid dienone is 1. The van der Waals surface area contributed by atoms with Gasteiger partial charge in [-0.2, -0.15) is 0 Å². The second-order valence-electron chi connectivity index (χ2n) is 4.52. The van der Waals surface area contributed by atoms with Gasteiger partial charge in [-0.1, -0.05) is 5.57 Å². The van der Waals surface area contributed by atoms with Gasteiger partial charge in [-0.05, 0) is 26.0 Å². The lowest BCUT2D eigenvalue weighted by Gasteiger charge is -2.12. The number of ether oxygens (including phenoxy) is 2. The smallest absolute Gasteiger partial charge is 0.336 e. The van der Waals surface area contributed by atoms with Crippen molar-refractivity contribution in [2.75, 3.05) is 13.7 Å². The standard InChI is InChI=1S/C15H16O5/c1-9(2)6-7-19-15-12(18-3)8-11(16)10-4-5-13(17)20-14(10)15/h4-6,8,16H,7H2,1-3H3. The van der Waals surface area contributed by atoms with Gasteiger partial charge in [-0.3, -0.25) is 0 Å². The van der Waals surface area contributed by atoms with Gasteiger partial charge < -0.3 is 19.0 Å². The Hall–Kier alpha value is -2.43. The molecular formula is C15H16O5. The Kier molecular flexibility index (Phi) is 3.98. The highest BCUT2D eigenvalue weighted by molar-refractivity contribution is 5.90. The van der Waals surface area contributed by atoms with Crippen molar-refractivity contribution < 1.29 is 19.0 Å². The number of aromatic hydroxyl groups is 1. The zero-order valence-corrected chi connectivity index (χ0v) is 11.6. The molecule has 2 aromatic rings. The van der Waals surface area contributed by atoms with Gasteiger partial charge in [0.2, 0.25) is 5.75 Å². The van der Waals surface area contributed by atoms with Crippen LogP contribution >= 0.6 is 0 Å². The highest BCUT2D eigenvalue weighted by Gasteiger charge is 2.16. The molecule has 1 aromatic carbocycles. The first-order chi connectivity index (χ1) is 9.52. The van der Waals surface area contributed by atoms with Crippen molar-refractivity contribution in [3.8, 4) is 17.2 Å². The van der Waals surface area contributed by atoms with E-state index in [0.29, 0.717) is 23.5 Å². The number of phenolic OH excluding ortho intramolecular Hbond substituents is 1. The van der Waals surface area contributed by atoms with Crippen molar-refractivity contribution in [1.82, 2.24) is 0 Å². The van der Waals surface area contributed by atoms with Crippen LogP contribution in [0.1, 0.15) is 13.8 Å². The van der Waals surface area contributed by atoms with Gasteiger partial charge in [0, 0.05) is 12.1 Å². The third-order valence-corrected chi connectivity index (χ3v) is 2.75. The normalized spacial score (nSPS) is 10.3. The van der Waals surface area contributed by atoms with Crippen molar-refractivity contribution in [3.05, 3.63) is 40.3 Å². The highest BCUT2D eigenvalue weighted by atomic mass is 16.5. The fourth-order valence-electron chi connectivity index (χ4n) is 1.75. The molecule has 0 atom stereocenters. The molecule has 5 nitrogen and oxygen atoms in total. The van der Waals surface area contributed by atoms with E-state index in [0.717, 1.165) is 5.57 Å². The summed E-state index contributed by atoms with van der Waals surface area (Å²) in [6.45, 7) is 4.22. The summed E-state index contributed by atoms with van der Waals surface area (Å²) in [6.07, 6.45) is 1.89. The van der Waals surface area contributed by atoms with Gasteiger partial charge in [0.15, 0.2) is 11.3 Å². The minimum absolute atomic E-state index is 0.0323. The first-order valence-corrected chi connectivity index (χ1v) is 6.13. The maximum Gasteiger partial charge on any atom is 0.336 e. The minimum atomic E-state index is -0.516. The van der Waals surface area contributed by atoms with Crippen LogP contribution in [0.5, 0.6) is 17.2 Å². The molecule has 5 heteroatoms. The summed E-state index contributed by atoms with van der Waals surface area (Å²) in [4.78, 5) is 11.4. The molecule has 1 N–H and O–H groups in total. The van der Waals surface area contributed by atoms with Gasteiger partial charge in [0.1, 0.15) is 12.4 Å². The molecule has 1 aromatic heterocycles. The number of hydrogen-bond acceptors (Lipinski definition) is 5. The van der Waals surface area contributed by atoms with Gasteiger partial charge in [0.25, 0.3) is 0 Å². The van der Waals surface area contributed by atoms with Crippen molar-refractivity contribution >= 4 is 11.0 Å². The molecule has 1 heterocycles. The van der Waals surface area contributed by atoms with E-state index >= 15 is 0 Å². The summed E-state index contributed by atoms with van der Waals surface area (Å²) >= 11 is 0. The molecule has 0 aliphatic carbocycles. The molecule has 0 amide bonds.